The van der Waals surface area contributed by atoms with Crippen LogP contribution in [0.15, 0.2) is 12.1 Å². The minimum atomic E-state index is -0.134. The molecule has 0 aliphatic carbocycles. The number of aryl methyl sites for hydroxylation is 1. The number of aliphatic hydroxyl groups is 1. The van der Waals surface area contributed by atoms with Crippen molar-refractivity contribution in [2.45, 2.75) is 26.3 Å². The Hall–Kier alpha value is -0.870. The van der Waals surface area contributed by atoms with Crippen LogP contribution in [0.3, 0.4) is 0 Å². The molecule has 1 aromatic heterocycles. The zero-order valence-electron chi connectivity index (χ0n) is 8.41. The fourth-order valence-corrected chi connectivity index (χ4v) is 1.86. The lowest BCUT2D eigenvalue weighted by Gasteiger charge is -2.12. The van der Waals surface area contributed by atoms with E-state index in [-0.39, 0.29) is 18.6 Å². The minimum absolute atomic E-state index is 0.00734. The third-order valence-electron chi connectivity index (χ3n) is 2.01. The maximum absolute atomic E-state index is 11.6. The van der Waals surface area contributed by atoms with Crippen LogP contribution in [0.1, 0.15) is 27.9 Å². The molecule has 4 heteroatoms. The second-order valence-electron chi connectivity index (χ2n) is 3.17. The van der Waals surface area contributed by atoms with E-state index in [4.69, 9.17) is 5.11 Å². The van der Waals surface area contributed by atoms with E-state index in [0.29, 0.717) is 4.88 Å². The average molecular weight is 213 g/mol. The summed E-state index contributed by atoms with van der Waals surface area (Å²) in [5.41, 5.74) is 0. The number of amides is 1. The van der Waals surface area contributed by atoms with Crippen molar-refractivity contribution < 1.29 is 9.90 Å². The van der Waals surface area contributed by atoms with Crippen LogP contribution >= 0.6 is 11.3 Å². The highest BCUT2D eigenvalue weighted by Crippen LogP contribution is 2.14. The molecule has 0 saturated heterocycles. The van der Waals surface area contributed by atoms with Crippen LogP contribution in [0.2, 0.25) is 0 Å². The second kappa shape index (κ2) is 5.12. The van der Waals surface area contributed by atoms with Crippen LogP contribution in [0, 0.1) is 6.92 Å². The van der Waals surface area contributed by atoms with Gasteiger partial charge in [0.1, 0.15) is 0 Å². The summed E-state index contributed by atoms with van der Waals surface area (Å²) < 4.78 is 0. The quantitative estimate of drug-likeness (QED) is 0.797. The summed E-state index contributed by atoms with van der Waals surface area (Å²) in [6.07, 6.45) is 0.743. The topological polar surface area (TPSA) is 49.3 Å². The van der Waals surface area contributed by atoms with Crippen molar-refractivity contribution in [3.8, 4) is 0 Å². The molecule has 0 fully saturated rings. The van der Waals surface area contributed by atoms with Gasteiger partial charge in [0, 0.05) is 4.88 Å². The first-order valence-corrected chi connectivity index (χ1v) is 5.47. The Bertz CT molecular complexity index is 305. The van der Waals surface area contributed by atoms with E-state index in [1.54, 1.807) is 6.07 Å². The lowest BCUT2D eigenvalue weighted by Crippen LogP contribution is -2.36. The zero-order chi connectivity index (χ0) is 10.6. The maximum Gasteiger partial charge on any atom is 0.261 e. The van der Waals surface area contributed by atoms with Gasteiger partial charge in [0.15, 0.2) is 0 Å². The van der Waals surface area contributed by atoms with Gasteiger partial charge < -0.3 is 10.4 Å². The second-order valence-corrected chi connectivity index (χ2v) is 4.46. The number of thiophene rings is 1. The first-order valence-electron chi connectivity index (χ1n) is 4.65. The molecule has 1 aromatic rings. The molecule has 0 saturated carbocycles. The Kier molecular flexibility index (Phi) is 4.10. The fourth-order valence-electron chi connectivity index (χ4n) is 1.09. The summed E-state index contributed by atoms with van der Waals surface area (Å²) in [6.45, 7) is 3.89. The van der Waals surface area contributed by atoms with Crippen LogP contribution in [0.25, 0.3) is 0 Å². The van der Waals surface area contributed by atoms with Crippen LogP contribution in [-0.4, -0.2) is 23.7 Å². The van der Waals surface area contributed by atoms with Gasteiger partial charge in [-0.05, 0) is 25.5 Å². The molecular formula is C10H15NO2S. The SMILES string of the molecule is CC[C@@H](CO)NC(=O)c1ccc(C)s1. The largest absolute Gasteiger partial charge is 0.394 e. The molecule has 0 bridgehead atoms. The summed E-state index contributed by atoms with van der Waals surface area (Å²) >= 11 is 1.47. The summed E-state index contributed by atoms with van der Waals surface area (Å²) in [5.74, 6) is -0.0935. The molecule has 2 N–H and O–H groups in total. The number of carbonyl (C=O) groups excluding carboxylic acids is 1. The lowest BCUT2D eigenvalue weighted by molar-refractivity contribution is 0.0919. The smallest absolute Gasteiger partial charge is 0.261 e. The van der Waals surface area contributed by atoms with Crippen molar-refractivity contribution in [2.75, 3.05) is 6.61 Å². The van der Waals surface area contributed by atoms with Crippen molar-refractivity contribution in [1.29, 1.82) is 0 Å². The normalized spacial score (nSPS) is 12.5. The fraction of sp³-hybridized carbons (Fsp3) is 0.500. The monoisotopic (exact) mass is 213 g/mol. The van der Waals surface area contributed by atoms with E-state index in [9.17, 15) is 4.79 Å². The molecule has 1 amide bonds. The Labute approximate surface area is 87.8 Å². The van der Waals surface area contributed by atoms with E-state index in [1.165, 1.54) is 11.3 Å². The van der Waals surface area contributed by atoms with Gasteiger partial charge >= 0.3 is 0 Å². The standard InChI is InChI=1S/C10H15NO2S/c1-3-8(6-12)11-10(13)9-5-4-7(2)14-9/h4-5,8,12H,3,6H2,1-2H3,(H,11,13)/t8-/m0/s1. The molecule has 1 heterocycles. The molecule has 0 aliphatic heterocycles. The van der Waals surface area contributed by atoms with E-state index in [2.05, 4.69) is 5.32 Å². The van der Waals surface area contributed by atoms with E-state index in [0.717, 1.165) is 11.3 Å². The molecule has 1 atom stereocenters. The lowest BCUT2D eigenvalue weighted by atomic mass is 10.2. The number of hydrogen-bond donors (Lipinski definition) is 2. The zero-order valence-corrected chi connectivity index (χ0v) is 9.23. The van der Waals surface area contributed by atoms with Gasteiger partial charge in [-0.3, -0.25) is 4.79 Å². The molecule has 1 rings (SSSR count). The van der Waals surface area contributed by atoms with Crippen molar-refractivity contribution in [1.82, 2.24) is 5.32 Å². The number of carbonyl (C=O) groups is 1. The number of hydrogen-bond acceptors (Lipinski definition) is 3. The summed E-state index contributed by atoms with van der Waals surface area (Å²) in [6, 6.07) is 3.59. The van der Waals surface area contributed by atoms with Crippen LogP contribution in [-0.2, 0) is 0 Å². The number of nitrogens with one attached hydrogen (secondary N) is 1. The van der Waals surface area contributed by atoms with Crippen molar-refractivity contribution in [2.24, 2.45) is 0 Å². The first-order chi connectivity index (χ1) is 6.67. The third kappa shape index (κ3) is 2.82. The third-order valence-corrected chi connectivity index (χ3v) is 3.01. The summed E-state index contributed by atoms with van der Waals surface area (Å²) in [4.78, 5) is 13.4. The molecule has 0 aromatic carbocycles. The molecule has 3 nitrogen and oxygen atoms in total. The van der Waals surface area contributed by atoms with Crippen LogP contribution in [0.4, 0.5) is 0 Å². The number of rotatable bonds is 4. The van der Waals surface area contributed by atoms with Crippen LogP contribution in [0.5, 0.6) is 0 Å². The maximum atomic E-state index is 11.6. The Morgan fingerprint density at radius 2 is 2.36 bits per heavy atom. The highest BCUT2D eigenvalue weighted by molar-refractivity contribution is 7.13. The van der Waals surface area contributed by atoms with Crippen molar-refractivity contribution >= 4 is 17.2 Å². The highest BCUT2D eigenvalue weighted by atomic mass is 32.1. The van der Waals surface area contributed by atoms with Gasteiger partial charge in [-0.1, -0.05) is 6.92 Å². The van der Waals surface area contributed by atoms with E-state index in [1.807, 2.05) is 19.9 Å². The van der Waals surface area contributed by atoms with Gasteiger partial charge in [0.05, 0.1) is 17.5 Å². The molecule has 0 unspecified atom stereocenters. The minimum Gasteiger partial charge on any atom is -0.394 e. The molecule has 14 heavy (non-hydrogen) atoms. The molecule has 0 spiro atoms. The Balaban J connectivity index is 2.58. The number of aliphatic hydroxyl groups excluding tert-OH is 1. The predicted molar refractivity (Wildman–Crippen MR) is 57.7 cm³/mol. The first kappa shape index (κ1) is 11.2. The van der Waals surface area contributed by atoms with E-state index < -0.39 is 0 Å². The summed E-state index contributed by atoms with van der Waals surface area (Å²) in [7, 11) is 0. The van der Waals surface area contributed by atoms with E-state index >= 15 is 0 Å². The van der Waals surface area contributed by atoms with Gasteiger partial charge in [-0.2, -0.15) is 0 Å². The highest BCUT2D eigenvalue weighted by Gasteiger charge is 2.12. The van der Waals surface area contributed by atoms with Gasteiger partial charge in [-0.25, -0.2) is 0 Å². The van der Waals surface area contributed by atoms with Gasteiger partial charge in [0.2, 0.25) is 0 Å². The van der Waals surface area contributed by atoms with Gasteiger partial charge in [0.25, 0.3) is 5.91 Å². The van der Waals surface area contributed by atoms with Crippen LogP contribution < -0.4 is 5.32 Å². The van der Waals surface area contributed by atoms with Crippen molar-refractivity contribution in [3.63, 3.8) is 0 Å². The Morgan fingerprint density at radius 1 is 1.64 bits per heavy atom. The predicted octanol–water partition coefficient (Wildman–Crippen LogP) is 1.56. The molecule has 0 aliphatic rings. The molecular weight excluding hydrogens is 198 g/mol. The van der Waals surface area contributed by atoms with Gasteiger partial charge in [-0.15, -0.1) is 11.3 Å². The Morgan fingerprint density at radius 3 is 2.79 bits per heavy atom. The van der Waals surface area contributed by atoms with Crippen molar-refractivity contribution in [3.05, 3.63) is 21.9 Å². The summed E-state index contributed by atoms with van der Waals surface area (Å²) in [5, 5.41) is 11.7. The molecule has 0 radical (unpaired) electrons. The average Bonchev–Trinajstić information content (AvgIpc) is 2.61. The molecule has 78 valence electrons.